The molecule has 0 spiro atoms. The second-order valence-electron chi connectivity index (χ2n) is 12.6. The van der Waals surface area contributed by atoms with Crippen LogP contribution in [0.15, 0.2) is 64.4 Å². The minimum atomic E-state index is -0.892. The topological polar surface area (TPSA) is 121 Å². The number of ether oxygens (including phenoxy) is 4. The van der Waals surface area contributed by atoms with Crippen molar-refractivity contribution in [2.75, 3.05) is 7.11 Å². The number of oxazole rings is 1. The first-order chi connectivity index (χ1) is 20.9. The van der Waals surface area contributed by atoms with E-state index in [1.165, 1.54) is 6.08 Å². The summed E-state index contributed by atoms with van der Waals surface area (Å²) in [4.78, 5) is 29.6. The van der Waals surface area contributed by atoms with E-state index in [1.54, 1.807) is 26.4 Å². The molecule has 2 bridgehead atoms. The van der Waals surface area contributed by atoms with Gasteiger partial charge in [-0.1, -0.05) is 50.3 Å². The molecule has 2 saturated heterocycles. The van der Waals surface area contributed by atoms with Gasteiger partial charge in [0.15, 0.2) is 5.89 Å². The fourth-order valence-electron chi connectivity index (χ4n) is 6.11. The van der Waals surface area contributed by atoms with Crippen LogP contribution in [0, 0.1) is 24.7 Å². The molecule has 0 saturated carbocycles. The predicted molar refractivity (Wildman–Crippen MR) is 166 cm³/mol. The molecule has 240 valence electrons. The fourth-order valence-corrected chi connectivity index (χ4v) is 6.11. The third kappa shape index (κ3) is 8.67. The smallest absolute Gasteiger partial charge is 0.330 e. The maximum absolute atomic E-state index is 13.0. The van der Waals surface area contributed by atoms with Crippen LogP contribution in [0.3, 0.4) is 0 Å². The molecule has 3 aliphatic heterocycles. The Balaban J connectivity index is 1.51. The molecule has 9 nitrogen and oxygen atoms in total. The number of aliphatic hydroxyl groups excluding tert-OH is 1. The molecular weight excluding hydrogens is 562 g/mol. The van der Waals surface area contributed by atoms with Crippen LogP contribution in [0.5, 0.6) is 0 Å². The van der Waals surface area contributed by atoms with Gasteiger partial charge in [-0.05, 0) is 56.8 Å². The van der Waals surface area contributed by atoms with Crippen LogP contribution in [-0.4, -0.2) is 65.3 Å². The molecule has 0 amide bonds. The Morgan fingerprint density at radius 3 is 2.68 bits per heavy atom. The maximum Gasteiger partial charge on any atom is 0.330 e. The summed E-state index contributed by atoms with van der Waals surface area (Å²) in [6.45, 7) is 11.6. The van der Waals surface area contributed by atoms with Gasteiger partial charge in [0.2, 0.25) is 0 Å². The molecule has 9 heteroatoms. The van der Waals surface area contributed by atoms with E-state index >= 15 is 0 Å². The number of hydrogen-bond acceptors (Lipinski definition) is 9. The van der Waals surface area contributed by atoms with Gasteiger partial charge in [0.05, 0.1) is 12.2 Å². The summed E-state index contributed by atoms with van der Waals surface area (Å²) in [5, 5.41) is 11.3. The standard InChI is InChI=1S/C35H47NO8/c1-21(16-27-20-41-25(5)36-27)10-8-11-23(3)34(40-7)24(4)29-19-30(37)35(6)31(44-35)15-14-22(2)28-17-26(18-33(39)42-28)12-9-13-32(38)43-29/h8-11,13-16,20,22,24,26,28-31,34,37H,12,17-19H2,1-7H3/b10-8+,13-9+,15-14+,21-16-,23-11+/t22-,24+,26-,28-,29+,30+,31-,34+,35-/m1/s1. The predicted octanol–water partition coefficient (Wildman–Crippen LogP) is 5.83. The van der Waals surface area contributed by atoms with Gasteiger partial charge in [-0.25, -0.2) is 9.78 Å². The van der Waals surface area contributed by atoms with Crippen LogP contribution >= 0.6 is 0 Å². The van der Waals surface area contributed by atoms with Crippen molar-refractivity contribution in [1.29, 1.82) is 0 Å². The van der Waals surface area contributed by atoms with E-state index in [9.17, 15) is 14.7 Å². The van der Waals surface area contributed by atoms with Gasteiger partial charge in [-0.3, -0.25) is 4.79 Å². The Labute approximate surface area is 260 Å². The van der Waals surface area contributed by atoms with Crippen LogP contribution in [0.25, 0.3) is 6.08 Å². The number of methoxy groups -OCH3 is 1. The lowest BCUT2D eigenvalue weighted by Gasteiger charge is -2.32. The van der Waals surface area contributed by atoms with Gasteiger partial charge in [0.25, 0.3) is 0 Å². The van der Waals surface area contributed by atoms with Crippen LogP contribution < -0.4 is 0 Å². The molecule has 0 aliphatic carbocycles. The van der Waals surface area contributed by atoms with E-state index in [4.69, 9.17) is 23.4 Å². The van der Waals surface area contributed by atoms with Crippen LogP contribution in [0.1, 0.15) is 71.9 Å². The average molecular weight is 610 g/mol. The van der Waals surface area contributed by atoms with Crippen molar-refractivity contribution in [3.8, 4) is 0 Å². The van der Waals surface area contributed by atoms with Crippen molar-refractivity contribution in [2.24, 2.45) is 17.8 Å². The second-order valence-corrected chi connectivity index (χ2v) is 12.6. The summed E-state index contributed by atoms with van der Waals surface area (Å²) >= 11 is 0. The highest BCUT2D eigenvalue weighted by molar-refractivity contribution is 5.82. The quantitative estimate of drug-likeness (QED) is 0.176. The molecule has 1 aromatic heterocycles. The first-order valence-electron chi connectivity index (χ1n) is 15.5. The lowest BCUT2D eigenvalue weighted by Crippen LogP contribution is -2.41. The number of aromatic nitrogens is 1. The summed E-state index contributed by atoms with van der Waals surface area (Å²) < 4.78 is 28.7. The highest BCUT2D eigenvalue weighted by Gasteiger charge is 2.57. The minimum Gasteiger partial charge on any atom is -0.462 e. The van der Waals surface area contributed by atoms with Gasteiger partial charge in [-0.15, -0.1) is 0 Å². The first-order valence-corrected chi connectivity index (χ1v) is 15.5. The van der Waals surface area contributed by atoms with Crippen LogP contribution in [0.4, 0.5) is 0 Å². The molecule has 44 heavy (non-hydrogen) atoms. The molecule has 4 rings (SSSR count). The number of cyclic esters (lactones) is 1. The van der Waals surface area contributed by atoms with Crippen molar-refractivity contribution in [2.45, 2.75) is 103 Å². The van der Waals surface area contributed by atoms with Crippen molar-refractivity contribution in [3.05, 3.63) is 71.5 Å². The fraction of sp³-hybridized carbons (Fsp3) is 0.571. The van der Waals surface area contributed by atoms with E-state index in [0.29, 0.717) is 25.2 Å². The summed E-state index contributed by atoms with van der Waals surface area (Å²) in [7, 11) is 1.63. The molecule has 0 unspecified atom stereocenters. The van der Waals surface area contributed by atoms with Gasteiger partial charge in [0.1, 0.15) is 35.9 Å². The SMILES string of the molecule is CO[C@@H](/C(C)=C/C=C/C(C)=C\c1coc(C)n1)[C@@H](C)[C@@H]1C[C@H](O)[C@@]2(C)O[C@@H]2/C=C/[C@@H](C)[C@H]2C[C@@H](C/C=C/C(=O)O1)CC(=O)O2. The summed E-state index contributed by atoms with van der Waals surface area (Å²) in [5.74, 6) is -0.299. The molecule has 4 heterocycles. The van der Waals surface area contributed by atoms with Crippen molar-refractivity contribution >= 4 is 18.0 Å². The largest absolute Gasteiger partial charge is 0.462 e. The molecule has 0 radical (unpaired) electrons. The van der Waals surface area contributed by atoms with E-state index in [-0.39, 0.29) is 48.5 Å². The number of fused-ring (bicyclic) bond motifs is 3. The van der Waals surface area contributed by atoms with Gasteiger partial charge >= 0.3 is 11.9 Å². The van der Waals surface area contributed by atoms with E-state index < -0.39 is 23.8 Å². The van der Waals surface area contributed by atoms with Crippen molar-refractivity contribution in [3.63, 3.8) is 0 Å². The Morgan fingerprint density at radius 2 is 1.98 bits per heavy atom. The molecule has 1 aromatic rings. The van der Waals surface area contributed by atoms with Crippen molar-refractivity contribution in [1.82, 2.24) is 4.98 Å². The molecule has 1 N–H and O–H groups in total. The Morgan fingerprint density at radius 1 is 1.20 bits per heavy atom. The number of hydrogen-bond donors (Lipinski definition) is 1. The Bertz CT molecular complexity index is 1320. The highest BCUT2D eigenvalue weighted by Crippen LogP contribution is 2.43. The normalized spacial score (nSPS) is 34.9. The van der Waals surface area contributed by atoms with E-state index in [0.717, 1.165) is 16.8 Å². The Hall–Kier alpha value is -3.27. The molecule has 0 aromatic carbocycles. The number of rotatable bonds is 7. The average Bonchev–Trinajstić information content (AvgIpc) is 3.47. The Kier molecular flexibility index (Phi) is 11.2. The molecule has 9 atom stereocenters. The molecular formula is C35H47NO8. The number of carbonyl (C=O) groups excluding carboxylic acids is 2. The second kappa shape index (κ2) is 14.7. The third-order valence-electron chi connectivity index (χ3n) is 8.97. The number of esters is 2. The third-order valence-corrected chi connectivity index (χ3v) is 8.97. The number of aryl methyl sites for hydroxylation is 1. The van der Waals surface area contributed by atoms with Gasteiger partial charge < -0.3 is 28.5 Å². The number of nitrogens with zero attached hydrogens (tertiary/aromatic N) is 1. The minimum absolute atomic E-state index is 0.000898. The number of allylic oxidation sites excluding steroid dienone is 5. The van der Waals surface area contributed by atoms with Crippen LogP contribution in [0.2, 0.25) is 0 Å². The first kappa shape index (κ1) is 33.6. The summed E-state index contributed by atoms with van der Waals surface area (Å²) in [5.41, 5.74) is 1.88. The highest BCUT2D eigenvalue weighted by atomic mass is 16.6. The van der Waals surface area contributed by atoms with Gasteiger partial charge in [0, 0.05) is 44.8 Å². The van der Waals surface area contributed by atoms with Crippen LogP contribution in [-0.2, 0) is 28.5 Å². The number of epoxide rings is 1. The van der Waals surface area contributed by atoms with E-state index in [1.807, 2.05) is 71.1 Å². The monoisotopic (exact) mass is 609 g/mol. The molecule has 2 fully saturated rings. The zero-order valence-corrected chi connectivity index (χ0v) is 26.9. The maximum atomic E-state index is 13.0. The zero-order valence-electron chi connectivity index (χ0n) is 26.9. The lowest BCUT2D eigenvalue weighted by molar-refractivity contribution is -0.158. The molecule has 3 aliphatic rings. The lowest BCUT2D eigenvalue weighted by atomic mass is 9.85. The number of carbonyl (C=O) groups is 2. The summed E-state index contributed by atoms with van der Waals surface area (Å²) in [6, 6.07) is 0. The number of aliphatic hydroxyl groups is 1. The van der Waals surface area contributed by atoms with Crippen molar-refractivity contribution < 1.29 is 38.1 Å². The zero-order chi connectivity index (χ0) is 32.0. The van der Waals surface area contributed by atoms with E-state index in [2.05, 4.69) is 4.98 Å². The summed E-state index contributed by atoms with van der Waals surface area (Å²) in [6.07, 6.45) is 15.9. The van der Waals surface area contributed by atoms with Gasteiger partial charge in [-0.2, -0.15) is 0 Å².